The van der Waals surface area contributed by atoms with Gasteiger partial charge in [0.15, 0.2) is 0 Å². The quantitative estimate of drug-likeness (QED) is 0.798. The molecular weight excluding hydrogens is 386 g/mol. The molecule has 0 aromatic heterocycles. The Morgan fingerprint density at radius 3 is 2.44 bits per heavy atom. The molecule has 1 aromatic rings. The van der Waals surface area contributed by atoms with Crippen LogP contribution in [0.5, 0.6) is 0 Å². The Morgan fingerprint density at radius 2 is 1.94 bits per heavy atom. The summed E-state index contributed by atoms with van der Waals surface area (Å²) in [6.07, 6.45) is 0.528. The van der Waals surface area contributed by atoms with Crippen LogP contribution in [0.3, 0.4) is 0 Å². The van der Waals surface area contributed by atoms with Crippen LogP contribution in [-0.4, -0.2) is 26.2 Å². The Balaban J connectivity index is 3.16. The van der Waals surface area contributed by atoms with Crippen molar-refractivity contribution in [2.24, 2.45) is 0 Å². The first-order chi connectivity index (χ1) is 8.31. The second kappa shape index (κ2) is 6.47. The SMILES string of the molecule is CCC(CO)NS(=O)(=O)c1cc(Br)c(C)cc1Br. The normalized spacial score (nSPS) is 13.6. The van der Waals surface area contributed by atoms with Crippen LogP contribution in [0.15, 0.2) is 26.0 Å². The van der Waals surface area contributed by atoms with Crippen molar-refractivity contribution >= 4 is 41.9 Å². The lowest BCUT2D eigenvalue weighted by molar-refractivity contribution is 0.254. The van der Waals surface area contributed by atoms with E-state index < -0.39 is 16.1 Å². The van der Waals surface area contributed by atoms with Gasteiger partial charge in [0.1, 0.15) is 0 Å². The zero-order valence-electron chi connectivity index (χ0n) is 10.1. The summed E-state index contributed by atoms with van der Waals surface area (Å²) < 4.78 is 28.0. The molecule has 4 nitrogen and oxygen atoms in total. The molecule has 0 spiro atoms. The molecule has 0 aliphatic rings. The van der Waals surface area contributed by atoms with E-state index in [1.54, 1.807) is 12.1 Å². The highest BCUT2D eigenvalue weighted by Gasteiger charge is 2.22. The molecule has 0 fully saturated rings. The average Bonchev–Trinajstić information content (AvgIpc) is 2.30. The fraction of sp³-hybridized carbons (Fsp3) is 0.455. The van der Waals surface area contributed by atoms with Gasteiger partial charge >= 0.3 is 0 Å². The van der Waals surface area contributed by atoms with Crippen molar-refractivity contribution in [1.29, 1.82) is 0 Å². The van der Waals surface area contributed by atoms with Gasteiger partial charge in [-0.3, -0.25) is 0 Å². The van der Waals surface area contributed by atoms with Crippen LogP contribution in [0, 0.1) is 6.92 Å². The highest BCUT2D eigenvalue weighted by Crippen LogP contribution is 2.28. The van der Waals surface area contributed by atoms with Crippen molar-refractivity contribution in [2.75, 3.05) is 6.61 Å². The van der Waals surface area contributed by atoms with Crippen LogP contribution in [-0.2, 0) is 10.0 Å². The van der Waals surface area contributed by atoms with Crippen molar-refractivity contribution in [3.8, 4) is 0 Å². The third kappa shape index (κ3) is 3.77. The van der Waals surface area contributed by atoms with Gasteiger partial charge in [-0.1, -0.05) is 22.9 Å². The fourth-order valence-electron chi connectivity index (χ4n) is 1.37. The number of aliphatic hydroxyl groups is 1. The highest BCUT2D eigenvalue weighted by molar-refractivity contribution is 9.11. The van der Waals surface area contributed by atoms with Gasteiger partial charge in [-0.25, -0.2) is 13.1 Å². The van der Waals surface area contributed by atoms with Crippen molar-refractivity contribution in [1.82, 2.24) is 4.72 Å². The van der Waals surface area contributed by atoms with Crippen molar-refractivity contribution < 1.29 is 13.5 Å². The maximum Gasteiger partial charge on any atom is 0.242 e. The number of halogens is 2. The first-order valence-electron chi connectivity index (χ1n) is 5.40. The molecule has 2 N–H and O–H groups in total. The zero-order valence-corrected chi connectivity index (χ0v) is 14.1. The van der Waals surface area contributed by atoms with Gasteiger partial charge < -0.3 is 5.11 Å². The van der Waals surface area contributed by atoms with Crippen molar-refractivity contribution in [3.05, 3.63) is 26.6 Å². The van der Waals surface area contributed by atoms with Crippen LogP contribution in [0.2, 0.25) is 0 Å². The summed E-state index contributed by atoms with van der Waals surface area (Å²) in [7, 11) is -3.64. The Labute approximate surface area is 124 Å². The molecule has 0 aliphatic heterocycles. The van der Waals surface area contributed by atoms with E-state index in [2.05, 4.69) is 36.6 Å². The number of sulfonamides is 1. The summed E-state index contributed by atoms with van der Waals surface area (Å²) >= 11 is 6.56. The topological polar surface area (TPSA) is 66.4 Å². The Morgan fingerprint density at radius 1 is 1.33 bits per heavy atom. The predicted octanol–water partition coefficient (Wildman–Crippen LogP) is 2.57. The molecule has 0 aliphatic carbocycles. The number of rotatable bonds is 5. The Hall–Kier alpha value is 0.0500. The Bertz CT molecular complexity index is 527. The lowest BCUT2D eigenvalue weighted by Crippen LogP contribution is -2.37. The maximum absolute atomic E-state index is 12.2. The van der Waals surface area contributed by atoms with E-state index in [1.807, 2.05) is 13.8 Å². The summed E-state index contributed by atoms with van der Waals surface area (Å²) in [4.78, 5) is 0.159. The second-order valence-corrected chi connectivity index (χ2v) is 7.33. The molecule has 102 valence electrons. The van der Waals surface area contributed by atoms with E-state index in [4.69, 9.17) is 5.11 Å². The largest absolute Gasteiger partial charge is 0.395 e. The number of benzene rings is 1. The van der Waals surface area contributed by atoms with Gasteiger partial charge in [-0.15, -0.1) is 0 Å². The summed E-state index contributed by atoms with van der Waals surface area (Å²) in [5.41, 5.74) is 0.940. The summed E-state index contributed by atoms with van der Waals surface area (Å²) in [5, 5.41) is 9.06. The molecule has 1 aromatic carbocycles. The van der Waals surface area contributed by atoms with E-state index in [1.165, 1.54) is 0 Å². The smallest absolute Gasteiger partial charge is 0.242 e. The van der Waals surface area contributed by atoms with E-state index in [0.29, 0.717) is 10.9 Å². The minimum Gasteiger partial charge on any atom is -0.395 e. The van der Waals surface area contributed by atoms with Crippen LogP contribution in [0.25, 0.3) is 0 Å². The number of hydrogen-bond donors (Lipinski definition) is 2. The summed E-state index contributed by atoms with van der Waals surface area (Å²) in [6, 6.07) is 2.81. The lowest BCUT2D eigenvalue weighted by atomic mass is 10.2. The Kier molecular flexibility index (Phi) is 5.79. The fourth-order valence-corrected chi connectivity index (χ4v) is 4.35. The van der Waals surface area contributed by atoms with Crippen LogP contribution < -0.4 is 4.72 Å². The highest BCUT2D eigenvalue weighted by atomic mass is 79.9. The molecule has 1 unspecified atom stereocenters. The van der Waals surface area contributed by atoms with E-state index >= 15 is 0 Å². The monoisotopic (exact) mass is 399 g/mol. The molecule has 0 saturated heterocycles. The lowest BCUT2D eigenvalue weighted by Gasteiger charge is -2.16. The van der Waals surface area contributed by atoms with Gasteiger partial charge in [-0.05, 0) is 47.0 Å². The molecule has 0 amide bonds. The zero-order chi connectivity index (χ0) is 13.9. The van der Waals surface area contributed by atoms with E-state index in [-0.39, 0.29) is 11.5 Å². The number of aryl methyl sites for hydroxylation is 1. The number of hydrogen-bond acceptors (Lipinski definition) is 3. The second-order valence-electron chi connectivity index (χ2n) is 3.94. The molecule has 1 atom stereocenters. The van der Waals surface area contributed by atoms with Gasteiger partial charge in [0.05, 0.1) is 11.5 Å². The molecule has 0 radical (unpaired) electrons. The maximum atomic E-state index is 12.2. The predicted molar refractivity (Wildman–Crippen MR) is 78.1 cm³/mol. The molecule has 1 rings (SSSR count). The summed E-state index contributed by atoms with van der Waals surface area (Å²) in [5.74, 6) is 0. The number of aliphatic hydroxyl groups excluding tert-OH is 1. The van der Waals surface area contributed by atoms with E-state index in [9.17, 15) is 8.42 Å². The molecule has 7 heteroatoms. The summed E-state index contributed by atoms with van der Waals surface area (Å²) in [6.45, 7) is 3.46. The minimum atomic E-state index is -3.64. The van der Waals surface area contributed by atoms with Gasteiger partial charge in [0.2, 0.25) is 10.0 Å². The number of nitrogens with one attached hydrogen (secondary N) is 1. The van der Waals surface area contributed by atoms with Crippen LogP contribution in [0.1, 0.15) is 18.9 Å². The standard InChI is InChI=1S/C11H15Br2NO3S/c1-3-8(6-15)14-18(16,17)11-5-9(12)7(2)4-10(11)13/h4-5,8,14-15H,3,6H2,1-2H3. The molecule has 0 saturated carbocycles. The van der Waals surface area contributed by atoms with Crippen molar-refractivity contribution in [3.63, 3.8) is 0 Å². The average molecular weight is 401 g/mol. The van der Waals surface area contributed by atoms with Crippen LogP contribution in [0.4, 0.5) is 0 Å². The third-order valence-electron chi connectivity index (χ3n) is 2.54. The third-order valence-corrected chi connectivity index (χ3v) is 5.87. The van der Waals surface area contributed by atoms with Crippen LogP contribution >= 0.6 is 31.9 Å². The molecule has 0 bridgehead atoms. The molecule has 0 heterocycles. The molecule has 18 heavy (non-hydrogen) atoms. The van der Waals surface area contributed by atoms with E-state index in [0.717, 1.165) is 10.0 Å². The minimum absolute atomic E-state index is 0.159. The van der Waals surface area contributed by atoms with Gasteiger partial charge in [0, 0.05) is 15.0 Å². The first kappa shape index (κ1) is 16.1. The first-order valence-corrected chi connectivity index (χ1v) is 8.47. The van der Waals surface area contributed by atoms with Crippen molar-refractivity contribution in [2.45, 2.75) is 31.2 Å². The van der Waals surface area contributed by atoms with Gasteiger partial charge in [0.25, 0.3) is 0 Å². The molecular formula is C11H15Br2NO3S. The van der Waals surface area contributed by atoms with Gasteiger partial charge in [-0.2, -0.15) is 0 Å².